The second kappa shape index (κ2) is 7.87. The summed E-state index contributed by atoms with van der Waals surface area (Å²) in [5.74, 6) is 0.959. The number of hydrogen-bond donors (Lipinski definition) is 2. The molecule has 24 heavy (non-hydrogen) atoms. The van der Waals surface area contributed by atoms with Gasteiger partial charge in [0.05, 0.1) is 27.5 Å². The molecule has 0 bridgehead atoms. The van der Waals surface area contributed by atoms with Crippen molar-refractivity contribution in [3.8, 4) is 23.0 Å². The van der Waals surface area contributed by atoms with E-state index < -0.39 is 5.91 Å². The summed E-state index contributed by atoms with van der Waals surface area (Å²) in [6.07, 6.45) is 1.43. The normalized spacial score (nSPS) is 10.5. The standard InChI is InChI=1S/C17H18N2O5/c1-22-14-8-7-12(15(23-2)16(14)24-3)10-18-19-17(21)11-5-4-6-13(20)9-11/h4-10,20H,1-3H3,(H,19,21)/b18-10+. The molecule has 126 valence electrons. The summed E-state index contributed by atoms with van der Waals surface area (Å²) < 4.78 is 15.8. The molecular weight excluding hydrogens is 312 g/mol. The van der Waals surface area contributed by atoms with Crippen LogP contribution in [0.15, 0.2) is 41.5 Å². The van der Waals surface area contributed by atoms with Crippen LogP contribution in [-0.4, -0.2) is 38.6 Å². The molecule has 0 unspecified atom stereocenters. The molecule has 7 heteroatoms. The number of nitrogens with zero attached hydrogens (tertiary/aromatic N) is 1. The highest BCUT2D eigenvalue weighted by atomic mass is 16.5. The lowest BCUT2D eigenvalue weighted by Gasteiger charge is -2.13. The second-order valence-corrected chi connectivity index (χ2v) is 4.67. The van der Waals surface area contributed by atoms with Gasteiger partial charge in [-0.3, -0.25) is 4.79 Å². The van der Waals surface area contributed by atoms with E-state index in [1.165, 1.54) is 39.7 Å². The van der Waals surface area contributed by atoms with Crippen molar-refractivity contribution in [1.82, 2.24) is 5.43 Å². The van der Waals surface area contributed by atoms with Gasteiger partial charge < -0.3 is 19.3 Å². The van der Waals surface area contributed by atoms with Gasteiger partial charge in [-0.2, -0.15) is 5.10 Å². The smallest absolute Gasteiger partial charge is 0.271 e. The summed E-state index contributed by atoms with van der Waals surface area (Å²) >= 11 is 0. The molecule has 1 amide bonds. The van der Waals surface area contributed by atoms with Gasteiger partial charge in [-0.1, -0.05) is 6.07 Å². The van der Waals surface area contributed by atoms with Crippen LogP contribution >= 0.6 is 0 Å². The Morgan fingerprint density at radius 3 is 2.46 bits per heavy atom. The van der Waals surface area contributed by atoms with E-state index in [9.17, 15) is 9.90 Å². The van der Waals surface area contributed by atoms with E-state index in [1.54, 1.807) is 24.3 Å². The fourth-order valence-corrected chi connectivity index (χ4v) is 2.10. The fraction of sp³-hybridized carbons (Fsp3) is 0.176. The molecule has 0 aliphatic heterocycles. The number of amides is 1. The van der Waals surface area contributed by atoms with Crippen LogP contribution in [0.2, 0.25) is 0 Å². The topological polar surface area (TPSA) is 89.4 Å². The number of hydrazone groups is 1. The highest BCUT2D eigenvalue weighted by Gasteiger charge is 2.14. The van der Waals surface area contributed by atoms with Crippen molar-refractivity contribution in [2.24, 2.45) is 5.10 Å². The van der Waals surface area contributed by atoms with E-state index in [1.807, 2.05) is 0 Å². The van der Waals surface area contributed by atoms with E-state index >= 15 is 0 Å². The average molecular weight is 330 g/mol. The first kappa shape index (κ1) is 17.1. The van der Waals surface area contributed by atoms with Crippen LogP contribution in [0.5, 0.6) is 23.0 Å². The van der Waals surface area contributed by atoms with Gasteiger partial charge in [0, 0.05) is 11.1 Å². The van der Waals surface area contributed by atoms with Crippen LogP contribution in [0.4, 0.5) is 0 Å². The number of phenolic OH excluding ortho intramolecular Hbond substituents is 1. The van der Waals surface area contributed by atoms with Gasteiger partial charge in [0.2, 0.25) is 5.75 Å². The lowest BCUT2D eigenvalue weighted by Crippen LogP contribution is -2.17. The average Bonchev–Trinajstić information content (AvgIpc) is 2.60. The molecular formula is C17H18N2O5. The predicted octanol–water partition coefficient (Wildman–Crippen LogP) is 2.18. The Kier molecular flexibility index (Phi) is 5.62. The Morgan fingerprint density at radius 1 is 1.08 bits per heavy atom. The third-order valence-electron chi connectivity index (χ3n) is 3.21. The number of hydrogen-bond acceptors (Lipinski definition) is 6. The van der Waals surface area contributed by atoms with E-state index in [2.05, 4.69) is 10.5 Å². The van der Waals surface area contributed by atoms with Crippen molar-refractivity contribution in [1.29, 1.82) is 0 Å². The monoisotopic (exact) mass is 330 g/mol. The highest BCUT2D eigenvalue weighted by Crippen LogP contribution is 2.38. The summed E-state index contributed by atoms with van der Waals surface area (Å²) in [5.41, 5.74) is 3.28. The molecule has 0 saturated heterocycles. The quantitative estimate of drug-likeness (QED) is 0.626. The maximum atomic E-state index is 12.0. The number of methoxy groups -OCH3 is 3. The Balaban J connectivity index is 2.18. The van der Waals surface area contributed by atoms with Crippen molar-refractivity contribution < 1.29 is 24.1 Å². The minimum absolute atomic E-state index is 0.00758. The van der Waals surface area contributed by atoms with E-state index in [0.717, 1.165) is 0 Å². The first-order chi connectivity index (χ1) is 11.6. The number of carbonyl (C=O) groups is 1. The lowest BCUT2D eigenvalue weighted by molar-refractivity contribution is 0.0954. The summed E-state index contributed by atoms with van der Waals surface area (Å²) in [5, 5.41) is 13.3. The zero-order valence-corrected chi connectivity index (χ0v) is 13.6. The molecule has 0 spiro atoms. The number of carbonyl (C=O) groups excluding carboxylic acids is 1. The number of phenols is 1. The summed E-state index contributed by atoms with van der Waals surface area (Å²) in [7, 11) is 4.53. The van der Waals surface area contributed by atoms with Crippen molar-refractivity contribution in [3.05, 3.63) is 47.5 Å². The zero-order valence-electron chi connectivity index (χ0n) is 13.6. The maximum Gasteiger partial charge on any atom is 0.271 e. The predicted molar refractivity (Wildman–Crippen MR) is 89.3 cm³/mol. The number of aromatic hydroxyl groups is 1. The number of nitrogens with one attached hydrogen (secondary N) is 1. The van der Waals surface area contributed by atoms with Gasteiger partial charge in [0.25, 0.3) is 5.91 Å². The third kappa shape index (κ3) is 3.75. The van der Waals surface area contributed by atoms with Gasteiger partial charge in [-0.05, 0) is 30.3 Å². The lowest BCUT2D eigenvalue weighted by atomic mass is 10.2. The molecule has 0 fully saturated rings. The first-order valence-electron chi connectivity index (χ1n) is 7.02. The number of benzene rings is 2. The Hall–Kier alpha value is -3.22. The maximum absolute atomic E-state index is 12.0. The van der Waals surface area contributed by atoms with E-state index in [-0.39, 0.29) is 5.75 Å². The van der Waals surface area contributed by atoms with Gasteiger partial charge >= 0.3 is 0 Å². The van der Waals surface area contributed by atoms with Crippen LogP contribution in [-0.2, 0) is 0 Å². The fourth-order valence-electron chi connectivity index (χ4n) is 2.10. The molecule has 2 aromatic carbocycles. The third-order valence-corrected chi connectivity index (χ3v) is 3.21. The zero-order chi connectivity index (χ0) is 17.5. The second-order valence-electron chi connectivity index (χ2n) is 4.67. The molecule has 2 N–H and O–H groups in total. The van der Waals surface area contributed by atoms with Crippen molar-refractivity contribution >= 4 is 12.1 Å². The van der Waals surface area contributed by atoms with Crippen LogP contribution in [0.25, 0.3) is 0 Å². The van der Waals surface area contributed by atoms with Gasteiger partial charge in [0.15, 0.2) is 11.5 Å². The molecule has 0 aliphatic carbocycles. The van der Waals surface area contributed by atoms with Crippen LogP contribution in [0.3, 0.4) is 0 Å². The first-order valence-corrected chi connectivity index (χ1v) is 7.02. The number of rotatable bonds is 6. The van der Waals surface area contributed by atoms with Gasteiger partial charge in [0.1, 0.15) is 5.75 Å². The molecule has 2 aromatic rings. The van der Waals surface area contributed by atoms with Crippen molar-refractivity contribution in [2.75, 3.05) is 21.3 Å². The minimum atomic E-state index is -0.443. The molecule has 0 saturated carbocycles. The summed E-state index contributed by atoms with van der Waals surface area (Å²) in [6, 6.07) is 9.41. The van der Waals surface area contributed by atoms with Crippen LogP contribution in [0.1, 0.15) is 15.9 Å². The summed E-state index contributed by atoms with van der Waals surface area (Å²) in [4.78, 5) is 12.0. The molecule has 2 rings (SSSR count). The van der Waals surface area contributed by atoms with Crippen LogP contribution < -0.4 is 19.6 Å². The molecule has 0 aliphatic rings. The minimum Gasteiger partial charge on any atom is -0.508 e. The van der Waals surface area contributed by atoms with Gasteiger partial charge in [-0.15, -0.1) is 0 Å². The van der Waals surface area contributed by atoms with Crippen LogP contribution in [0, 0.1) is 0 Å². The number of ether oxygens (including phenoxy) is 3. The molecule has 0 atom stereocenters. The van der Waals surface area contributed by atoms with Crippen molar-refractivity contribution in [2.45, 2.75) is 0 Å². The highest BCUT2D eigenvalue weighted by molar-refractivity contribution is 5.95. The molecule has 0 aromatic heterocycles. The van der Waals surface area contributed by atoms with Gasteiger partial charge in [-0.25, -0.2) is 5.43 Å². The SMILES string of the molecule is COc1ccc(/C=N/NC(=O)c2cccc(O)c2)c(OC)c1OC. The Bertz CT molecular complexity index is 759. The molecule has 0 radical (unpaired) electrons. The van der Waals surface area contributed by atoms with Crippen molar-refractivity contribution in [3.63, 3.8) is 0 Å². The molecule has 7 nitrogen and oxygen atoms in total. The Morgan fingerprint density at radius 2 is 1.83 bits per heavy atom. The van der Waals surface area contributed by atoms with E-state index in [4.69, 9.17) is 14.2 Å². The summed E-state index contributed by atoms with van der Waals surface area (Å²) in [6.45, 7) is 0. The Labute approximate surface area is 139 Å². The molecule has 0 heterocycles. The largest absolute Gasteiger partial charge is 0.508 e. The van der Waals surface area contributed by atoms with E-state index in [0.29, 0.717) is 28.4 Å².